The Morgan fingerprint density at radius 1 is 1.40 bits per heavy atom. The van der Waals surface area contributed by atoms with Crippen LogP contribution >= 0.6 is 0 Å². The molecule has 1 saturated heterocycles. The lowest BCUT2D eigenvalue weighted by molar-refractivity contribution is -0.0410. The van der Waals surface area contributed by atoms with Gasteiger partial charge in [-0.2, -0.15) is 15.0 Å². The van der Waals surface area contributed by atoms with E-state index in [1.165, 1.54) is 0 Å². The van der Waals surface area contributed by atoms with E-state index in [-0.39, 0.29) is 18.1 Å². The van der Waals surface area contributed by atoms with E-state index in [1.54, 1.807) is 0 Å². The van der Waals surface area contributed by atoms with Crippen molar-refractivity contribution in [2.24, 2.45) is 5.73 Å². The zero-order valence-corrected chi connectivity index (χ0v) is 12.3. The average molecular weight is 281 g/mol. The predicted octanol–water partition coefficient (Wildman–Crippen LogP) is -0.932. The number of aromatic nitrogens is 3. The molecule has 0 saturated carbocycles. The monoisotopic (exact) mass is 281 g/mol. The summed E-state index contributed by atoms with van der Waals surface area (Å²) in [5.74, 6) is 1.49. The molecule has 0 spiro atoms. The number of hydrogen-bond donors (Lipinski definition) is 2. The van der Waals surface area contributed by atoms with Crippen LogP contribution in [0.25, 0.3) is 0 Å². The van der Waals surface area contributed by atoms with Crippen molar-refractivity contribution in [2.45, 2.75) is 25.6 Å². The Balaban J connectivity index is 2.06. The summed E-state index contributed by atoms with van der Waals surface area (Å²) in [5, 5.41) is 0. The summed E-state index contributed by atoms with van der Waals surface area (Å²) in [6, 6.07) is 0.0126. The molecule has 0 amide bonds. The third kappa shape index (κ3) is 3.75. The number of ether oxygens (including phenoxy) is 1. The highest BCUT2D eigenvalue weighted by molar-refractivity contribution is 5.32. The first-order valence-corrected chi connectivity index (χ1v) is 6.73. The fourth-order valence-electron chi connectivity index (χ4n) is 2.09. The highest BCUT2D eigenvalue weighted by atomic mass is 16.5. The number of anilines is 2. The largest absolute Gasteiger partial charge is 0.374 e. The number of morpholine rings is 1. The maximum absolute atomic E-state index is 5.89. The SMILES string of the molecule is CC(N)C1CN(Cc2nc(N)nc(N(C)C)n2)CCO1. The van der Waals surface area contributed by atoms with Crippen molar-refractivity contribution in [1.82, 2.24) is 19.9 Å². The van der Waals surface area contributed by atoms with E-state index in [2.05, 4.69) is 19.9 Å². The van der Waals surface area contributed by atoms with Crippen LogP contribution in [0.3, 0.4) is 0 Å². The summed E-state index contributed by atoms with van der Waals surface area (Å²) < 4.78 is 5.64. The minimum absolute atomic E-state index is 0.0126. The lowest BCUT2D eigenvalue weighted by Gasteiger charge is -2.34. The van der Waals surface area contributed by atoms with Gasteiger partial charge in [0.05, 0.1) is 19.3 Å². The molecule has 2 unspecified atom stereocenters. The van der Waals surface area contributed by atoms with Crippen molar-refractivity contribution >= 4 is 11.9 Å². The Morgan fingerprint density at radius 3 is 2.80 bits per heavy atom. The minimum atomic E-state index is 0.0126. The van der Waals surface area contributed by atoms with E-state index in [1.807, 2.05) is 25.9 Å². The quantitative estimate of drug-likeness (QED) is 0.729. The molecule has 8 nitrogen and oxygen atoms in total. The fourth-order valence-corrected chi connectivity index (χ4v) is 2.09. The number of hydrogen-bond acceptors (Lipinski definition) is 8. The topological polar surface area (TPSA) is 106 Å². The Bertz CT molecular complexity index is 451. The molecule has 1 aliphatic heterocycles. The highest BCUT2D eigenvalue weighted by Gasteiger charge is 2.24. The third-order valence-corrected chi connectivity index (χ3v) is 3.22. The van der Waals surface area contributed by atoms with Crippen LogP contribution in [0.15, 0.2) is 0 Å². The van der Waals surface area contributed by atoms with E-state index < -0.39 is 0 Å². The van der Waals surface area contributed by atoms with Crippen molar-refractivity contribution in [3.8, 4) is 0 Å². The Morgan fingerprint density at radius 2 is 2.15 bits per heavy atom. The summed E-state index contributed by atoms with van der Waals surface area (Å²) in [4.78, 5) is 16.7. The summed E-state index contributed by atoms with van der Waals surface area (Å²) >= 11 is 0. The molecule has 112 valence electrons. The van der Waals surface area contributed by atoms with Crippen LogP contribution in [0.2, 0.25) is 0 Å². The second-order valence-corrected chi connectivity index (χ2v) is 5.31. The average Bonchev–Trinajstić information content (AvgIpc) is 2.38. The van der Waals surface area contributed by atoms with Crippen LogP contribution in [0, 0.1) is 0 Å². The number of rotatable bonds is 4. The zero-order chi connectivity index (χ0) is 14.7. The van der Waals surface area contributed by atoms with Crippen molar-refractivity contribution in [3.63, 3.8) is 0 Å². The van der Waals surface area contributed by atoms with Crippen LogP contribution in [0.5, 0.6) is 0 Å². The zero-order valence-electron chi connectivity index (χ0n) is 12.3. The Labute approximate surface area is 119 Å². The lowest BCUT2D eigenvalue weighted by Crippen LogP contribution is -2.49. The summed E-state index contributed by atoms with van der Waals surface area (Å²) in [5.41, 5.74) is 11.6. The molecule has 1 aromatic rings. The van der Waals surface area contributed by atoms with Crippen molar-refractivity contribution in [3.05, 3.63) is 5.82 Å². The van der Waals surface area contributed by atoms with Gasteiger partial charge in [0, 0.05) is 33.2 Å². The maximum atomic E-state index is 5.89. The fraction of sp³-hybridized carbons (Fsp3) is 0.750. The first-order valence-electron chi connectivity index (χ1n) is 6.73. The predicted molar refractivity (Wildman–Crippen MR) is 77.2 cm³/mol. The van der Waals surface area contributed by atoms with Gasteiger partial charge in [0.25, 0.3) is 0 Å². The standard InChI is InChI=1S/C12H23N7O/c1-8(13)9-6-19(4-5-20-9)7-10-15-11(14)17-12(16-10)18(2)3/h8-9H,4-7,13H2,1-3H3,(H2,14,15,16,17). The highest BCUT2D eigenvalue weighted by Crippen LogP contribution is 2.12. The summed E-state index contributed by atoms with van der Waals surface area (Å²) in [7, 11) is 3.75. The van der Waals surface area contributed by atoms with Gasteiger partial charge in [-0.05, 0) is 6.92 Å². The Hall–Kier alpha value is -1.51. The van der Waals surface area contributed by atoms with Gasteiger partial charge < -0.3 is 21.1 Å². The molecule has 20 heavy (non-hydrogen) atoms. The molecular weight excluding hydrogens is 258 g/mol. The maximum Gasteiger partial charge on any atom is 0.229 e. The molecule has 8 heteroatoms. The molecule has 4 N–H and O–H groups in total. The van der Waals surface area contributed by atoms with Crippen molar-refractivity contribution in [1.29, 1.82) is 0 Å². The molecule has 0 radical (unpaired) electrons. The van der Waals surface area contributed by atoms with E-state index in [0.29, 0.717) is 24.9 Å². The second-order valence-electron chi connectivity index (χ2n) is 5.31. The van der Waals surface area contributed by atoms with Gasteiger partial charge in [0.1, 0.15) is 5.82 Å². The van der Waals surface area contributed by atoms with Crippen LogP contribution < -0.4 is 16.4 Å². The molecule has 2 heterocycles. The normalized spacial score (nSPS) is 21.7. The molecule has 0 bridgehead atoms. The smallest absolute Gasteiger partial charge is 0.229 e. The molecule has 0 aromatic carbocycles. The summed E-state index contributed by atoms with van der Waals surface area (Å²) in [6.45, 7) is 4.87. The molecule has 2 atom stereocenters. The van der Waals surface area contributed by atoms with Crippen LogP contribution in [-0.2, 0) is 11.3 Å². The lowest BCUT2D eigenvalue weighted by atomic mass is 10.1. The molecule has 1 aromatic heterocycles. The number of nitrogen functional groups attached to an aromatic ring is 1. The number of nitrogens with two attached hydrogens (primary N) is 2. The molecular formula is C12H23N7O. The first kappa shape index (κ1) is 14.9. The van der Waals surface area contributed by atoms with Gasteiger partial charge >= 0.3 is 0 Å². The van der Waals surface area contributed by atoms with Crippen LogP contribution in [0.1, 0.15) is 12.7 Å². The molecule has 2 rings (SSSR count). The summed E-state index contributed by atoms with van der Waals surface area (Å²) in [6.07, 6.45) is 0.0521. The first-order chi connectivity index (χ1) is 9.45. The van der Waals surface area contributed by atoms with Gasteiger partial charge in [-0.15, -0.1) is 0 Å². The van der Waals surface area contributed by atoms with E-state index in [9.17, 15) is 0 Å². The minimum Gasteiger partial charge on any atom is -0.374 e. The van der Waals surface area contributed by atoms with E-state index in [0.717, 1.165) is 13.1 Å². The van der Waals surface area contributed by atoms with Crippen molar-refractivity contribution in [2.75, 3.05) is 44.4 Å². The Kier molecular flexibility index (Phi) is 4.69. The molecule has 0 aliphatic carbocycles. The van der Waals surface area contributed by atoms with Crippen LogP contribution in [-0.4, -0.2) is 65.8 Å². The van der Waals surface area contributed by atoms with E-state index >= 15 is 0 Å². The molecule has 1 aliphatic rings. The van der Waals surface area contributed by atoms with Gasteiger partial charge in [0.2, 0.25) is 11.9 Å². The second kappa shape index (κ2) is 6.29. The van der Waals surface area contributed by atoms with Gasteiger partial charge in [0.15, 0.2) is 0 Å². The number of nitrogens with zero attached hydrogens (tertiary/aromatic N) is 5. The van der Waals surface area contributed by atoms with Crippen LogP contribution in [0.4, 0.5) is 11.9 Å². The van der Waals surface area contributed by atoms with Crippen molar-refractivity contribution < 1.29 is 4.74 Å². The van der Waals surface area contributed by atoms with E-state index in [4.69, 9.17) is 16.2 Å². The third-order valence-electron chi connectivity index (χ3n) is 3.22. The van der Waals surface area contributed by atoms with Gasteiger partial charge in [-0.3, -0.25) is 4.90 Å². The van der Waals surface area contributed by atoms with Gasteiger partial charge in [-0.25, -0.2) is 0 Å². The molecule has 1 fully saturated rings. The van der Waals surface area contributed by atoms with Gasteiger partial charge in [-0.1, -0.05) is 0 Å².